The molecule has 1 rings (SSSR count). The van der Waals surface area contributed by atoms with E-state index >= 15 is 0 Å². The Bertz CT molecular complexity index is 304. The number of imidazole rings is 1. The van der Waals surface area contributed by atoms with Gasteiger partial charge in [0.15, 0.2) is 17.9 Å². The second-order valence-electron chi connectivity index (χ2n) is 1.96. The van der Waals surface area contributed by atoms with Gasteiger partial charge in [0.1, 0.15) is 7.11 Å². The zero-order valence-electron chi connectivity index (χ0n) is 6.44. The average molecular weight is 168 g/mol. The number of hydrogen-bond donors (Lipinski definition) is 2. The van der Waals surface area contributed by atoms with Gasteiger partial charge in [-0.15, -0.1) is 0 Å². The molecule has 0 amide bonds. The number of aldehydes is 1. The van der Waals surface area contributed by atoms with Crippen LogP contribution in [0.5, 0.6) is 0 Å². The van der Waals surface area contributed by atoms with Crippen LogP contribution in [-0.2, 0) is 9.63 Å². The minimum absolute atomic E-state index is 0.127. The van der Waals surface area contributed by atoms with Gasteiger partial charge in [-0.25, -0.2) is 4.98 Å². The van der Waals surface area contributed by atoms with Gasteiger partial charge >= 0.3 is 0 Å². The monoisotopic (exact) mass is 168 g/mol. The maximum atomic E-state index is 10.4. The van der Waals surface area contributed by atoms with Crippen LogP contribution in [0, 0.1) is 0 Å². The van der Waals surface area contributed by atoms with Crippen LogP contribution in [0.1, 0.15) is 5.69 Å². The van der Waals surface area contributed by atoms with E-state index in [1.165, 1.54) is 13.3 Å². The molecule has 0 aliphatic rings. The Hall–Kier alpha value is -1.85. The lowest BCUT2D eigenvalue weighted by Crippen LogP contribution is -2.03. The van der Waals surface area contributed by atoms with Crippen LogP contribution in [0.25, 0.3) is 0 Å². The lowest BCUT2D eigenvalue weighted by atomic mass is 10.3. The Morgan fingerprint density at radius 3 is 3.08 bits per heavy atom. The van der Waals surface area contributed by atoms with Crippen LogP contribution < -0.4 is 5.73 Å². The summed E-state index contributed by atoms with van der Waals surface area (Å²) in [4.78, 5) is 21.2. The fraction of sp³-hybridized carbons (Fsp3) is 0.167. The number of hydrogen-bond acceptors (Lipinski definition) is 5. The van der Waals surface area contributed by atoms with Gasteiger partial charge in [-0.2, -0.15) is 0 Å². The van der Waals surface area contributed by atoms with E-state index < -0.39 is 0 Å². The molecule has 12 heavy (non-hydrogen) atoms. The number of oxime groups is 1. The number of carbonyl (C=O) groups excluding carboxylic acids is 1. The number of carbonyl (C=O) groups is 1. The van der Waals surface area contributed by atoms with E-state index in [9.17, 15) is 4.79 Å². The Labute approximate surface area is 68.4 Å². The first-order valence-corrected chi connectivity index (χ1v) is 3.15. The van der Waals surface area contributed by atoms with Crippen molar-refractivity contribution in [2.24, 2.45) is 5.16 Å². The third-order valence-corrected chi connectivity index (χ3v) is 1.17. The lowest BCUT2D eigenvalue weighted by molar-refractivity contribution is -0.102. The first-order valence-electron chi connectivity index (χ1n) is 3.15. The van der Waals surface area contributed by atoms with Crippen molar-refractivity contribution < 1.29 is 9.63 Å². The fourth-order valence-electron chi connectivity index (χ4n) is 0.699. The summed E-state index contributed by atoms with van der Waals surface area (Å²) in [5.74, 6) is 0.232. The first-order chi connectivity index (χ1) is 5.77. The SMILES string of the molecule is CO/N=C(\C=O)c1cnc(N)[nH]1. The van der Waals surface area contributed by atoms with E-state index in [0.717, 1.165) is 0 Å². The van der Waals surface area contributed by atoms with Crippen molar-refractivity contribution in [3.63, 3.8) is 0 Å². The minimum Gasteiger partial charge on any atom is -0.398 e. The number of aromatic nitrogens is 2. The Morgan fingerprint density at radius 1 is 1.92 bits per heavy atom. The molecule has 1 aromatic heterocycles. The van der Waals surface area contributed by atoms with Crippen LogP contribution in [0.4, 0.5) is 5.95 Å². The molecular weight excluding hydrogens is 160 g/mol. The molecule has 0 saturated heterocycles. The van der Waals surface area contributed by atoms with E-state index in [1.54, 1.807) is 0 Å². The first kappa shape index (κ1) is 8.25. The van der Waals surface area contributed by atoms with Crippen molar-refractivity contribution in [1.29, 1.82) is 0 Å². The predicted octanol–water partition coefficient (Wildman–Crippen LogP) is -0.459. The zero-order chi connectivity index (χ0) is 8.97. The van der Waals surface area contributed by atoms with Crippen molar-refractivity contribution in [2.45, 2.75) is 0 Å². The number of nitrogens with zero attached hydrogens (tertiary/aromatic N) is 2. The molecular formula is C6H8N4O2. The number of anilines is 1. The van der Waals surface area contributed by atoms with E-state index in [2.05, 4.69) is 20.0 Å². The molecule has 6 nitrogen and oxygen atoms in total. The van der Waals surface area contributed by atoms with Crippen LogP contribution in [-0.4, -0.2) is 29.1 Å². The van der Waals surface area contributed by atoms with Gasteiger partial charge in [-0.05, 0) is 0 Å². The maximum absolute atomic E-state index is 10.4. The summed E-state index contributed by atoms with van der Waals surface area (Å²) in [5.41, 5.74) is 5.85. The lowest BCUT2D eigenvalue weighted by Gasteiger charge is -1.91. The van der Waals surface area contributed by atoms with Gasteiger partial charge < -0.3 is 15.6 Å². The Balaban J connectivity index is 2.94. The second-order valence-corrected chi connectivity index (χ2v) is 1.96. The van der Waals surface area contributed by atoms with Gasteiger partial charge in [-0.1, -0.05) is 5.16 Å². The van der Waals surface area contributed by atoms with Crippen LogP contribution in [0.2, 0.25) is 0 Å². The molecule has 0 aliphatic heterocycles. The fourth-order valence-corrected chi connectivity index (χ4v) is 0.699. The quantitative estimate of drug-likeness (QED) is 0.363. The summed E-state index contributed by atoms with van der Waals surface area (Å²) in [6.07, 6.45) is 1.96. The van der Waals surface area contributed by atoms with Crippen LogP contribution in [0.3, 0.4) is 0 Å². The molecule has 0 saturated carbocycles. The molecule has 0 spiro atoms. The van der Waals surface area contributed by atoms with E-state index in [1.807, 2.05) is 0 Å². The number of nitrogens with one attached hydrogen (secondary N) is 1. The summed E-state index contributed by atoms with van der Waals surface area (Å²) in [6, 6.07) is 0. The van der Waals surface area contributed by atoms with Gasteiger partial charge in [0.05, 0.1) is 11.9 Å². The number of nitrogen functional groups attached to an aromatic ring is 1. The molecule has 0 aliphatic carbocycles. The van der Waals surface area contributed by atoms with E-state index in [0.29, 0.717) is 12.0 Å². The highest BCUT2D eigenvalue weighted by atomic mass is 16.6. The Morgan fingerprint density at radius 2 is 2.67 bits per heavy atom. The van der Waals surface area contributed by atoms with Crippen molar-refractivity contribution in [1.82, 2.24) is 9.97 Å². The summed E-state index contributed by atoms with van der Waals surface area (Å²) in [5, 5.41) is 3.45. The van der Waals surface area contributed by atoms with Gasteiger partial charge in [-0.3, -0.25) is 4.79 Å². The molecule has 6 heteroatoms. The molecule has 0 bridgehead atoms. The summed E-state index contributed by atoms with van der Waals surface area (Å²) in [7, 11) is 1.35. The Kier molecular flexibility index (Phi) is 2.42. The molecule has 64 valence electrons. The second kappa shape index (κ2) is 3.51. The summed E-state index contributed by atoms with van der Waals surface area (Å²) < 4.78 is 0. The van der Waals surface area contributed by atoms with Crippen molar-refractivity contribution >= 4 is 17.9 Å². The maximum Gasteiger partial charge on any atom is 0.197 e. The highest BCUT2D eigenvalue weighted by molar-refractivity contribution is 6.35. The number of rotatable bonds is 3. The molecule has 0 fully saturated rings. The molecule has 3 N–H and O–H groups in total. The van der Waals surface area contributed by atoms with Crippen molar-refractivity contribution in [3.05, 3.63) is 11.9 Å². The topological polar surface area (TPSA) is 93.4 Å². The molecule has 1 heterocycles. The van der Waals surface area contributed by atoms with Gasteiger partial charge in [0.2, 0.25) is 0 Å². The smallest absolute Gasteiger partial charge is 0.197 e. The summed E-state index contributed by atoms with van der Waals surface area (Å²) >= 11 is 0. The zero-order valence-corrected chi connectivity index (χ0v) is 6.44. The highest BCUT2D eigenvalue weighted by Gasteiger charge is 2.05. The third kappa shape index (κ3) is 1.60. The van der Waals surface area contributed by atoms with Gasteiger partial charge in [0, 0.05) is 0 Å². The number of H-pyrrole nitrogens is 1. The molecule has 1 aromatic rings. The van der Waals surface area contributed by atoms with Crippen molar-refractivity contribution in [3.8, 4) is 0 Å². The molecule has 0 atom stereocenters. The van der Waals surface area contributed by atoms with Crippen LogP contribution >= 0.6 is 0 Å². The van der Waals surface area contributed by atoms with Crippen LogP contribution in [0.15, 0.2) is 11.4 Å². The van der Waals surface area contributed by atoms with E-state index in [4.69, 9.17) is 5.73 Å². The van der Waals surface area contributed by atoms with E-state index in [-0.39, 0.29) is 11.7 Å². The molecule has 0 aromatic carbocycles. The predicted molar refractivity (Wildman–Crippen MR) is 42.6 cm³/mol. The number of aromatic amines is 1. The standard InChI is InChI=1S/C6H8N4O2/c1-12-10-5(3-11)4-2-8-6(7)9-4/h2-3H,1H3,(H3,7,8,9)/b10-5+. The highest BCUT2D eigenvalue weighted by Crippen LogP contribution is 1.98. The minimum atomic E-state index is 0.127. The van der Waals surface area contributed by atoms with Gasteiger partial charge in [0.25, 0.3) is 0 Å². The molecule has 0 unspecified atom stereocenters. The average Bonchev–Trinajstić information content (AvgIpc) is 2.47. The molecule has 0 radical (unpaired) electrons. The number of nitrogens with two attached hydrogens (primary N) is 1. The van der Waals surface area contributed by atoms with Crippen molar-refractivity contribution in [2.75, 3.05) is 12.8 Å². The summed E-state index contributed by atoms with van der Waals surface area (Å²) in [6.45, 7) is 0. The third-order valence-electron chi connectivity index (χ3n) is 1.17. The normalized spacial score (nSPS) is 11.2. The largest absolute Gasteiger partial charge is 0.398 e.